The van der Waals surface area contributed by atoms with Crippen molar-refractivity contribution in [1.82, 2.24) is 0 Å². The van der Waals surface area contributed by atoms with Crippen LogP contribution < -0.4 is 9.64 Å². The highest BCUT2D eigenvalue weighted by Crippen LogP contribution is 2.46. The fourth-order valence-electron chi connectivity index (χ4n) is 3.97. The van der Waals surface area contributed by atoms with E-state index in [1.165, 1.54) is 11.1 Å². The van der Waals surface area contributed by atoms with Gasteiger partial charge in [-0.1, -0.05) is 37.6 Å². The van der Waals surface area contributed by atoms with E-state index >= 15 is 0 Å². The number of ether oxygens (including phenoxy) is 3. The Morgan fingerprint density at radius 1 is 1.17 bits per heavy atom. The summed E-state index contributed by atoms with van der Waals surface area (Å²) < 4.78 is 17.6. The summed E-state index contributed by atoms with van der Waals surface area (Å²) in [6.07, 6.45) is 0.690. The fourth-order valence-corrected chi connectivity index (χ4v) is 4.14. The minimum absolute atomic E-state index is 0.189. The lowest BCUT2D eigenvalue weighted by Gasteiger charge is -2.22. The first-order valence-electron chi connectivity index (χ1n) is 10.1. The maximum absolute atomic E-state index is 13.1. The molecule has 6 heteroatoms. The highest BCUT2D eigenvalue weighted by Gasteiger charge is 2.55. The molecule has 1 spiro atoms. The Bertz CT molecular complexity index is 921. The monoisotopic (exact) mass is 415 g/mol. The second-order valence-corrected chi connectivity index (χ2v) is 8.27. The van der Waals surface area contributed by atoms with Gasteiger partial charge in [0.05, 0.1) is 25.5 Å². The van der Waals surface area contributed by atoms with Crippen LogP contribution in [0.4, 0.5) is 5.69 Å². The van der Waals surface area contributed by atoms with Gasteiger partial charge < -0.3 is 19.1 Å². The first-order chi connectivity index (χ1) is 13.9. The molecule has 4 rings (SSSR count). The van der Waals surface area contributed by atoms with Crippen LogP contribution in [0.2, 0.25) is 5.02 Å². The van der Waals surface area contributed by atoms with Crippen molar-refractivity contribution in [2.24, 2.45) is 0 Å². The van der Waals surface area contributed by atoms with Crippen LogP contribution in [-0.2, 0) is 20.1 Å². The van der Waals surface area contributed by atoms with Gasteiger partial charge in [0.2, 0.25) is 0 Å². The lowest BCUT2D eigenvalue weighted by atomic mass is 10.0. The Labute approximate surface area is 176 Å². The number of anilines is 1. The Kier molecular flexibility index (Phi) is 5.56. The maximum Gasteiger partial charge on any atom is 0.292 e. The number of amides is 1. The molecular formula is C23H26ClNO4. The fraction of sp³-hybridized carbons (Fsp3) is 0.435. The van der Waals surface area contributed by atoms with E-state index in [9.17, 15) is 4.79 Å². The van der Waals surface area contributed by atoms with Crippen LogP contribution in [0.5, 0.6) is 5.75 Å². The summed E-state index contributed by atoms with van der Waals surface area (Å²) in [5.74, 6) is -0.230. The second kappa shape index (κ2) is 7.98. The van der Waals surface area contributed by atoms with E-state index in [1.54, 1.807) is 17.0 Å². The average Bonchev–Trinajstić information content (AvgIpc) is 3.26. The number of halogens is 1. The quantitative estimate of drug-likeness (QED) is 0.636. The molecule has 1 saturated heterocycles. The van der Waals surface area contributed by atoms with Crippen LogP contribution in [0.25, 0.3) is 0 Å². The van der Waals surface area contributed by atoms with Crippen LogP contribution in [-0.4, -0.2) is 32.3 Å². The molecule has 0 bridgehead atoms. The molecular weight excluding hydrogens is 390 g/mol. The second-order valence-electron chi connectivity index (χ2n) is 7.83. The maximum atomic E-state index is 13.1. The Morgan fingerprint density at radius 3 is 2.66 bits per heavy atom. The molecule has 0 unspecified atom stereocenters. The van der Waals surface area contributed by atoms with Crippen molar-refractivity contribution in [3.63, 3.8) is 0 Å². The van der Waals surface area contributed by atoms with Gasteiger partial charge in [-0.3, -0.25) is 4.79 Å². The molecule has 0 N–H and O–H groups in total. The topological polar surface area (TPSA) is 48.0 Å². The zero-order valence-corrected chi connectivity index (χ0v) is 17.8. The highest BCUT2D eigenvalue weighted by atomic mass is 35.5. The molecule has 5 nitrogen and oxygen atoms in total. The number of carbonyl (C=O) groups is 1. The minimum atomic E-state index is -1.34. The number of rotatable bonds is 6. The number of carbonyl (C=O) groups excluding carboxylic acids is 1. The largest absolute Gasteiger partial charge is 0.493 e. The first-order valence-corrected chi connectivity index (χ1v) is 10.4. The number of hydrogen-bond donors (Lipinski definition) is 0. The predicted octanol–water partition coefficient (Wildman–Crippen LogP) is 4.79. The van der Waals surface area contributed by atoms with E-state index in [4.69, 9.17) is 25.8 Å². The van der Waals surface area contributed by atoms with Gasteiger partial charge >= 0.3 is 0 Å². The van der Waals surface area contributed by atoms with Crippen molar-refractivity contribution < 1.29 is 19.0 Å². The molecule has 1 amide bonds. The molecule has 2 aromatic rings. The summed E-state index contributed by atoms with van der Waals surface area (Å²) in [7, 11) is 0. The van der Waals surface area contributed by atoms with Crippen LogP contribution in [0.1, 0.15) is 42.9 Å². The summed E-state index contributed by atoms with van der Waals surface area (Å²) in [4.78, 5) is 14.9. The first kappa shape index (κ1) is 20.2. The summed E-state index contributed by atoms with van der Waals surface area (Å²) in [5.41, 5.74) is 3.84. The predicted molar refractivity (Wildman–Crippen MR) is 113 cm³/mol. The smallest absolute Gasteiger partial charge is 0.292 e. The van der Waals surface area contributed by atoms with E-state index in [-0.39, 0.29) is 5.91 Å². The number of aryl methyl sites for hydroxylation is 1. The number of benzene rings is 2. The number of hydrogen-bond acceptors (Lipinski definition) is 4. The Balaban J connectivity index is 1.46. The van der Waals surface area contributed by atoms with E-state index in [0.717, 1.165) is 11.4 Å². The summed E-state index contributed by atoms with van der Waals surface area (Å²) in [5, 5.41) is 0.556. The zero-order valence-electron chi connectivity index (χ0n) is 17.0. The number of nitrogens with zero attached hydrogens (tertiary/aromatic N) is 1. The van der Waals surface area contributed by atoms with Crippen LogP contribution in [0.15, 0.2) is 36.4 Å². The molecule has 2 aliphatic heterocycles. The Morgan fingerprint density at radius 2 is 1.93 bits per heavy atom. The molecule has 0 radical (unpaired) electrons. The van der Waals surface area contributed by atoms with Gasteiger partial charge in [-0.25, -0.2) is 0 Å². The van der Waals surface area contributed by atoms with E-state index in [2.05, 4.69) is 39.0 Å². The van der Waals surface area contributed by atoms with Crippen molar-refractivity contribution in [1.29, 1.82) is 0 Å². The third-order valence-electron chi connectivity index (χ3n) is 5.40. The van der Waals surface area contributed by atoms with E-state index < -0.39 is 5.79 Å². The third kappa shape index (κ3) is 3.63. The van der Waals surface area contributed by atoms with Gasteiger partial charge in [0.25, 0.3) is 11.7 Å². The summed E-state index contributed by atoms with van der Waals surface area (Å²) in [6, 6.07) is 11.7. The lowest BCUT2D eigenvalue weighted by molar-refractivity contribution is -0.180. The molecule has 2 heterocycles. The molecule has 29 heavy (non-hydrogen) atoms. The third-order valence-corrected chi connectivity index (χ3v) is 5.63. The molecule has 154 valence electrons. The van der Waals surface area contributed by atoms with E-state index in [0.29, 0.717) is 49.3 Å². The van der Waals surface area contributed by atoms with Gasteiger partial charge in [-0.05, 0) is 54.7 Å². The molecule has 0 saturated carbocycles. The van der Waals surface area contributed by atoms with Gasteiger partial charge in [0, 0.05) is 17.1 Å². The van der Waals surface area contributed by atoms with Crippen molar-refractivity contribution in [3.05, 3.63) is 58.1 Å². The van der Waals surface area contributed by atoms with Crippen molar-refractivity contribution in [2.45, 2.75) is 38.9 Å². The van der Waals surface area contributed by atoms with Crippen molar-refractivity contribution in [3.8, 4) is 5.75 Å². The zero-order chi connectivity index (χ0) is 20.6. The van der Waals surface area contributed by atoms with Crippen LogP contribution >= 0.6 is 11.6 Å². The van der Waals surface area contributed by atoms with Crippen LogP contribution in [0.3, 0.4) is 0 Å². The number of fused-ring (bicyclic) bond motifs is 2. The standard InChI is InChI=1S/C23H26ClNO4/c1-15(2)18-7-5-16(3)13-21(18)27-10-4-9-25-20-8-6-17(24)14-19(20)23(22(25)26)28-11-12-29-23/h5-8,13-15H,4,9-12H2,1-3H3. The van der Waals surface area contributed by atoms with Gasteiger partial charge in [-0.2, -0.15) is 0 Å². The lowest BCUT2D eigenvalue weighted by Crippen LogP contribution is -2.41. The molecule has 2 aliphatic rings. The molecule has 0 atom stereocenters. The summed E-state index contributed by atoms with van der Waals surface area (Å²) in [6.45, 7) is 8.19. The summed E-state index contributed by atoms with van der Waals surface area (Å²) >= 11 is 6.17. The average molecular weight is 416 g/mol. The van der Waals surface area contributed by atoms with Gasteiger partial charge in [-0.15, -0.1) is 0 Å². The molecule has 1 fully saturated rings. The molecule has 0 aliphatic carbocycles. The molecule has 0 aromatic heterocycles. The molecule has 2 aromatic carbocycles. The van der Waals surface area contributed by atoms with Crippen molar-refractivity contribution in [2.75, 3.05) is 31.3 Å². The SMILES string of the molecule is Cc1ccc(C(C)C)c(OCCCN2C(=O)C3(OCCO3)c3cc(Cl)ccc32)c1. The normalized spacial score (nSPS) is 17.4. The van der Waals surface area contributed by atoms with Gasteiger partial charge in [0.1, 0.15) is 5.75 Å². The van der Waals surface area contributed by atoms with Crippen molar-refractivity contribution >= 4 is 23.2 Å². The van der Waals surface area contributed by atoms with Gasteiger partial charge in [0.15, 0.2) is 0 Å². The van der Waals surface area contributed by atoms with Crippen LogP contribution in [0, 0.1) is 6.92 Å². The van der Waals surface area contributed by atoms with E-state index in [1.807, 2.05) is 6.07 Å². The Hall–Kier alpha value is -2.08. The highest BCUT2D eigenvalue weighted by molar-refractivity contribution is 6.31. The minimum Gasteiger partial charge on any atom is -0.493 e.